The van der Waals surface area contributed by atoms with Crippen LogP contribution < -0.4 is 10.1 Å². The van der Waals surface area contributed by atoms with Crippen LogP contribution in [0.25, 0.3) is 0 Å². The number of esters is 1. The number of hydrogen-bond donors (Lipinski definition) is 1. The highest BCUT2D eigenvalue weighted by Crippen LogP contribution is 2.24. The van der Waals surface area contributed by atoms with Crippen LogP contribution in [0.5, 0.6) is 5.75 Å². The third-order valence-electron chi connectivity index (χ3n) is 2.88. The molecule has 0 radical (unpaired) electrons. The second-order valence-electron chi connectivity index (χ2n) is 4.62. The van der Waals surface area contributed by atoms with Crippen LogP contribution in [0.1, 0.15) is 31.4 Å². The zero-order chi connectivity index (χ0) is 15.5. The lowest BCUT2D eigenvalue weighted by molar-refractivity contribution is -0.139. The molecule has 0 saturated carbocycles. The SMILES string of the molecule is CCCNCc1ccc(OC)c(CSCC(=O)OCC)c1. The molecule has 1 N–H and O–H groups in total. The molecule has 0 heterocycles. The van der Waals surface area contributed by atoms with Crippen LogP contribution in [-0.2, 0) is 21.8 Å². The number of ether oxygens (including phenoxy) is 2. The summed E-state index contributed by atoms with van der Waals surface area (Å²) < 4.78 is 10.3. The molecule has 118 valence electrons. The molecule has 0 aromatic heterocycles. The average molecular weight is 311 g/mol. The van der Waals surface area contributed by atoms with Crippen molar-refractivity contribution in [2.75, 3.05) is 26.0 Å². The van der Waals surface area contributed by atoms with E-state index in [-0.39, 0.29) is 5.97 Å². The lowest BCUT2D eigenvalue weighted by atomic mass is 10.1. The van der Waals surface area contributed by atoms with Crippen LogP contribution in [0.2, 0.25) is 0 Å². The minimum Gasteiger partial charge on any atom is -0.496 e. The molecule has 5 heteroatoms. The first-order valence-corrected chi connectivity index (χ1v) is 8.46. The number of nitrogens with one attached hydrogen (secondary N) is 1. The maximum Gasteiger partial charge on any atom is 0.315 e. The van der Waals surface area contributed by atoms with E-state index in [0.717, 1.165) is 36.6 Å². The molecule has 0 bridgehead atoms. The number of benzene rings is 1. The van der Waals surface area contributed by atoms with E-state index in [1.807, 2.05) is 13.0 Å². The lowest BCUT2D eigenvalue weighted by Crippen LogP contribution is -2.14. The van der Waals surface area contributed by atoms with Crippen molar-refractivity contribution in [3.05, 3.63) is 29.3 Å². The number of hydrogen-bond acceptors (Lipinski definition) is 5. The Balaban J connectivity index is 2.56. The van der Waals surface area contributed by atoms with Gasteiger partial charge in [-0.25, -0.2) is 0 Å². The fraction of sp³-hybridized carbons (Fsp3) is 0.562. The Kier molecular flexibility index (Phi) is 8.94. The fourth-order valence-corrected chi connectivity index (χ4v) is 2.71. The standard InChI is InChI=1S/C16H25NO3S/c1-4-8-17-10-13-6-7-15(19-3)14(9-13)11-21-12-16(18)20-5-2/h6-7,9,17H,4-5,8,10-12H2,1-3H3. The first-order chi connectivity index (χ1) is 10.2. The van der Waals surface area contributed by atoms with E-state index in [1.54, 1.807) is 18.9 Å². The number of carbonyl (C=O) groups excluding carboxylic acids is 1. The number of thioether (sulfide) groups is 1. The van der Waals surface area contributed by atoms with Gasteiger partial charge in [0.2, 0.25) is 0 Å². The molecule has 21 heavy (non-hydrogen) atoms. The Morgan fingerprint density at radius 3 is 2.81 bits per heavy atom. The van der Waals surface area contributed by atoms with Crippen LogP contribution in [-0.4, -0.2) is 32.0 Å². The zero-order valence-electron chi connectivity index (χ0n) is 13.1. The normalized spacial score (nSPS) is 10.4. The summed E-state index contributed by atoms with van der Waals surface area (Å²) in [6.07, 6.45) is 1.12. The second kappa shape index (κ2) is 10.5. The van der Waals surface area contributed by atoms with Gasteiger partial charge in [0.25, 0.3) is 0 Å². The quantitative estimate of drug-likeness (QED) is 0.532. The molecule has 1 aromatic carbocycles. The van der Waals surface area contributed by atoms with Crippen molar-refractivity contribution < 1.29 is 14.3 Å². The van der Waals surface area contributed by atoms with Gasteiger partial charge in [-0.2, -0.15) is 0 Å². The summed E-state index contributed by atoms with van der Waals surface area (Å²) in [6, 6.07) is 6.20. The van der Waals surface area contributed by atoms with Gasteiger partial charge in [-0.05, 0) is 37.6 Å². The predicted molar refractivity (Wildman–Crippen MR) is 87.8 cm³/mol. The van der Waals surface area contributed by atoms with Crippen molar-refractivity contribution in [2.45, 2.75) is 32.6 Å². The number of methoxy groups -OCH3 is 1. The highest BCUT2D eigenvalue weighted by atomic mass is 32.2. The van der Waals surface area contributed by atoms with E-state index < -0.39 is 0 Å². The van der Waals surface area contributed by atoms with E-state index in [2.05, 4.69) is 24.4 Å². The summed E-state index contributed by atoms with van der Waals surface area (Å²) >= 11 is 1.55. The first kappa shape index (κ1) is 17.9. The molecule has 0 amide bonds. The van der Waals surface area contributed by atoms with Gasteiger partial charge in [0, 0.05) is 17.9 Å². The van der Waals surface area contributed by atoms with E-state index in [4.69, 9.17) is 9.47 Å². The van der Waals surface area contributed by atoms with Crippen LogP contribution in [0.3, 0.4) is 0 Å². The summed E-state index contributed by atoms with van der Waals surface area (Å²) in [6.45, 7) is 6.27. The molecule has 4 nitrogen and oxygen atoms in total. The summed E-state index contributed by atoms with van der Waals surface area (Å²) in [5.74, 6) is 1.81. The van der Waals surface area contributed by atoms with E-state index >= 15 is 0 Å². The van der Waals surface area contributed by atoms with Gasteiger partial charge in [0.1, 0.15) is 5.75 Å². The Labute approximate surface area is 131 Å². The van der Waals surface area contributed by atoms with E-state index in [1.165, 1.54) is 5.56 Å². The summed E-state index contributed by atoms with van der Waals surface area (Å²) in [7, 11) is 1.67. The smallest absolute Gasteiger partial charge is 0.315 e. The van der Waals surface area contributed by atoms with Gasteiger partial charge in [-0.3, -0.25) is 4.79 Å². The summed E-state index contributed by atoms with van der Waals surface area (Å²) in [4.78, 5) is 11.3. The van der Waals surface area contributed by atoms with Crippen molar-refractivity contribution >= 4 is 17.7 Å². The second-order valence-corrected chi connectivity index (χ2v) is 5.61. The van der Waals surface area contributed by atoms with E-state index in [0.29, 0.717) is 12.4 Å². The molecule has 0 spiro atoms. The van der Waals surface area contributed by atoms with Gasteiger partial charge in [0.05, 0.1) is 19.5 Å². The van der Waals surface area contributed by atoms with Crippen LogP contribution in [0, 0.1) is 0 Å². The Bertz CT molecular complexity index is 438. The molecule has 1 aromatic rings. The predicted octanol–water partition coefficient (Wildman–Crippen LogP) is 2.99. The zero-order valence-corrected chi connectivity index (χ0v) is 13.9. The maximum absolute atomic E-state index is 11.3. The molecule has 0 aliphatic heterocycles. The molecule has 0 saturated heterocycles. The first-order valence-electron chi connectivity index (χ1n) is 7.31. The monoisotopic (exact) mass is 311 g/mol. The van der Waals surface area contributed by atoms with Gasteiger partial charge in [0.15, 0.2) is 0 Å². The van der Waals surface area contributed by atoms with Crippen LogP contribution in [0.4, 0.5) is 0 Å². The summed E-state index contributed by atoms with van der Waals surface area (Å²) in [5.41, 5.74) is 2.35. The average Bonchev–Trinajstić information content (AvgIpc) is 2.48. The number of carbonyl (C=O) groups is 1. The number of rotatable bonds is 10. The van der Waals surface area contributed by atoms with Crippen LogP contribution in [0.15, 0.2) is 18.2 Å². The molecular weight excluding hydrogens is 286 g/mol. The Morgan fingerprint density at radius 2 is 2.14 bits per heavy atom. The van der Waals surface area contributed by atoms with Crippen molar-refractivity contribution in [1.29, 1.82) is 0 Å². The summed E-state index contributed by atoms with van der Waals surface area (Å²) in [5, 5.41) is 3.39. The fourth-order valence-electron chi connectivity index (χ4n) is 1.91. The molecule has 1 rings (SSSR count). The van der Waals surface area contributed by atoms with Crippen LogP contribution >= 0.6 is 11.8 Å². The lowest BCUT2D eigenvalue weighted by Gasteiger charge is -2.11. The highest BCUT2D eigenvalue weighted by Gasteiger charge is 2.07. The topological polar surface area (TPSA) is 47.6 Å². The van der Waals surface area contributed by atoms with Gasteiger partial charge in [-0.15, -0.1) is 11.8 Å². The minimum absolute atomic E-state index is 0.165. The van der Waals surface area contributed by atoms with Gasteiger partial charge >= 0.3 is 5.97 Å². The minimum atomic E-state index is -0.165. The maximum atomic E-state index is 11.3. The molecular formula is C16H25NO3S. The molecule has 0 atom stereocenters. The molecule has 0 aliphatic carbocycles. The van der Waals surface area contributed by atoms with Crippen molar-refractivity contribution in [2.24, 2.45) is 0 Å². The Morgan fingerprint density at radius 1 is 1.33 bits per heavy atom. The van der Waals surface area contributed by atoms with Crippen molar-refractivity contribution in [3.8, 4) is 5.75 Å². The Hall–Kier alpha value is -1.20. The van der Waals surface area contributed by atoms with E-state index in [9.17, 15) is 4.79 Å². The largest absolute Gasteiger partial charge is 0.496 e. The van der Waals surface area contributed by atoms with Crippen molar-refractivity contribution in [3.63, 3.8) is 0 Å². The van der Waals surface area contributed by atoms with Crippen molar-refractivity contribution in [1.82, 2.24) is 5.32 Å². The molecule has 0 unspecified atom stereocenters. The third-order valence-corrected chi connectivity index (χ3v) is 3.84. The van der Waals surface area contributed by atoms with Gasteiger partial charge < -0.3 is 14.8 Å². The molecule has 0 fully saturated rings. The van der Waals surface area contributed by atoms with Gasteiger partial charge in [-0.1, -0.05) is 13.0 Å². The molecule has 0 aliphatic rings. The highest BCUT2D eigenvalue weighted by molar-refractivity contribution is 7.99. The third kappa shape index (κ3) is 6.87.